The van der Waals surface area contributed by atoms with E-state index >= 15 is 0 Å². The quantitative estimate of drug-likeness (QED) is 0.560. The third-order valence-electron chi connectivity index (χ3n) is 3.90. The van der Waals surface area contributed by atoms with Crippen LogP contribution in [0.25, 0.3) is 22.3 Å². The third kappa shape index (κ3) is 2.77. The summed E-state index contributed by atoms with van der Waals surface area (Å²) in [6.07, 6.45) is 1.85. The number of hydrogen-bond acceptors (Lipinski definition) is 1. The number of alkyl halides is 1. The molecule has 0 aliphatic rings. The van der Waals surface area contributed by atoms with Gasteiger partial charge in [0.1, 0.15) is 0 Å². The number of hydrogen-bond donors (Lipinski definition) is 0. The fraction of sp³-hybridized carbons (Fsp3) is 0.150. The number of aromatic nitrogens is 1. The van der Waals surface area contributed by atoms with Crippen molar-refractivity contribution in [3.8, 4) is 22.3 Å². The first-order valence-electron chi connectivity index (χ1n) is 7.37. The first-order valence-corrected chi connectivity index (χ1v) is 7.91. The Balaban J connectivity index is 2.31. The second-order valence-electron chi connectivity index (χ2n) is 5.50. The SMILES string of the molecule is Cc1ccc(C)c(-c2ccnc(CCl)c2-c2ccccc2)c1. The smallest absolute Gasteiger partial charge is 0.0653 e. The molecule has 0 saturated carbocycles. The fourth-order valence-corrected chi connectivity index (χ4v) is 2.99. The fourth-order valence-electron chi connectivity index (χ4n) is 2.78. The van der Waals surface area contributed by atoms with Gasteiger partial charge in [-0.15, -0.1) is 11.6 Å². The number of benzene rings is 2. The number of pyridine rings is 1. The molecule has 0 amide bonds. The number of nitrogens with zero attached hydrogens (tertiary/aromatic N) is 1. The van der Waals surface area contributed by atoms with Crippen LogP contribution in [0.2, 0.25) is 0 Å². The Morgan fingerprint density at radius 2 is 1.68 bits per heavy atom. The van der Waals surface area contributed by atoms with Crippen molar-refractivity contribution in [3.63, 3.8) is 0 Å². The lowest BCUT2D eigenvalue weighted by Gasteiger charge is -2.15. The number of rotatable bonds is 3. The summed E-state index contributed by atoms with van der Waals surface area (Å²) < 4.78 is 0. The van der Waals surface area contributed by atoms with Crippen molar-refractivity contribution in [2.45, 2.75) is 19.7 Å². The monoisotopic (exact) mass is 307 g/mol. The summed E-state index contributed by atoms with van der Waals surface area (Å²) in [7, 11) is 0. The van der Waals surface area contributed by atoms with Crippen LogP contribution in [0.15, 0.2) is 60.8 Å². The van der Waals surface area contributed by atoms with Gasteiger partial charge in [-0.3, -0.25) is 4.98 Å². The van der Waals surface area contributed by atoms with Crippen molar-refractivity contribution in [2.24, 2.45) is 0 Å². The minimum atomic E-state index is 0.406. The van der Waals surface area contributed by atoms with Gasteiger partial charge in [0.2, 0.25) is 0 Å². The molecule has 3 aromatic rings. The molecule has 2 aromatic carbocycles. The lowest BCUT2D eigenvalue weighted by Crippen LogP contribution is -1.96. The molecule has 1 nitrogen and oxygen atoms in total. The van der Waals surface area contributed by atoms with Crippen LogP contribution in [0.4, 0.5) is 0 Å². The predicted molar refractivity (Wildman–Crippen MR) is 94.1 cm³/mol. The minimum Gasteiger partial charge on any atom is -0.259 e. The van der Waals surface area contributed by atoms with E-state index in [2.05, 4.69) is 55.2 Å². The van der Waals surface area contributed by atoms with E-state index in [1.807, 2.05) is 24.4 Å². The molecule has 0 radical (unpaired) electrons. The van der Waals surface area contributed by atoms with E-state index in [1.54, 1.807) is 0 Å². The summed E-state index contributed by atoms with van der Waals surface area (Å²) in [5.74, 6) is 0.406. The normalized spacial score (nSPS) is 10.7. The second kappa shape index (κ2) is 6.33. The highest BCUT2D eigenvalue weighted by atomic mass is 35.5. The summed E-state index contributed by atoms with van der Waals surface area (Å²) in [5, 5.41) is 0. The lowest BCUT2D eigenvalue weighted by molar-refractivity contribution is 1.17. The Hall–Kier alpha value is -2.12. The Morgan fingerprint density at radius 3 is 2.41 bits per heavy atom. The van der Waals surface area contributed by atoms with Crippen LogP contribution in [0, 0.1) is 13.8 Å². The Kier molecular flexibility index (Phi) is 4.26. The molecule has 22 heavy (non-hydrogen) atoms. The summed E-state index contributed by atoms with van der Waals surface area (Å²) in [5.41, 5.74) is 8.16. The molecular weight excluding hydrogens is 290 g/mol. The van der Waals surface area contributed by atoms with Gasteiger partial charge in [0.05, 0.1) is 11.6 Å². The summed E-state index contributed by atoms with van der Waals surface area (Å²) >= 11 is 6.15. The van der Waals surface area contributed by atoms with Gasteiger partial charge in [-0.25, -0.2) is 0 Å². The van der Waals surface area contributed by atoms with Gasteiger partial charge in [-0.05, 0) is 42.2 Å². The van der Waals surface area contributed by atoms with Gasteiger partial charge in [-0.2, -0.15) is 0 Å². The summed E-state index contributed by atoms with van der Waals surface area (Å²) in [4.78, 5) is 4.48. The average molecular weight is 308 g/mol. The maximum Gasteiger partial charge on any atom is 0.0653 e. The van der Waals surface area contributed by atoms with Crippen LogP contribution in [0.5, 0.6) is 0 Å². The maximum atomic E-state index is 6.15. The van der Waals surface area contributed by atoms with Gasteiger partial charge in [-0.1, -0.05) is 54.1 Å². The molecule has 0 atom stereocenters. The van der Waals surface area contributed by atoms with Crippen molar-refractivity contribution in [1.29, 1.82) is 0 Å². The van der Waals surface area contributed by atoms with E-state index < -0.39 is 0 Å². The standard InChI is InChI=1S/C20H18ClN/c1-14-8-9-15(2)18(12-14)17-10-11-22-19(13-21)20(17)16-6-4-3-5-7-16/h3-12H,13H2,1-2H3. The highest BCUT2D eigenvalue weighted by molar-refractivity contribution is 6.17. The molecule has 110 valence electrons. The van der Waals surface area contributed by atoms with Crippen LogP contribution < -0.4 is 0 Å². The van der Waals surface area contributed by atoms with E-state index in [0.717, 1.165) is 16.8 Å². The van der Waals surface area contributed by atoms with Crippen molar-refractivity contribution in [2.75, 3.05) is 0 Å². The molecule has 0 fully saturated rings. The topological polar surface area (TPSA) is 12.9 Å². The van der Waals surface area contributed by atoms with E-state index in [0.29, 0.717) is 5.88 Å². The number of aryl methyl sites for hydroxylation is 2. The largest absolute Gasteiger partial charge is 0.259 e. The van der Waals surface area contributed by atoms with Crippen LogP contribution in [0.3, 0.4) is 0 Å². The molecule has 3 rings (SSSR count). The number of halogens is 1. The maximum absolute atomic E-state index is 6.15. The average Bonchev–Trinajstić information content (AvgIpc) is 2.57. The van der Waals surface area contributed by atoms with Gasteiger partial charge in [0, 0.05) is 11.8 Å². The molecule has 0 bridgehead atoms. The Morgan fingerprint density at radius 1 is 0.909 bits per heavy atom. The van der Waals surface area contributed by atoms with Crippen molar-refractivity contribution < 1.29 is 0 Å². The van der Waals surface area contributed by atoms with Crippen LogP contribution >= 0.6 is 11.6 Å². The predicted octanol–water partition coefficient (Wildman–Crippen LogP) is 5.77. The van der Waals surface area contributed by atoms with Gasteiger partial charge < -0.3 is 0 Å². The summed E-state index contributed by atoms with van der Waals surface area (Å²) in [6, 6.07) is 19.0. The van der Waals surface area contributed by atoms with Gasteiger partial charge in [0.15, 0.2) is 0 Å². The molecule has 0 N–H and O–H groups in total. The zero-order valence-corrected chi connectivity index (χ0v) is 13.6. The first kappa shape index (κ1) is 14.8. The Labute approximate surface area is 136 Å². The summed E-state index contributed by atoms with van der Waals surface area (Å²) in [6.45, 7) is 4.26. The van der Waals surface area contributed by atoms with E-state index in [-0.39, 0.29) is 0 Å². The first-order chi connectivity index (χ1) is 10.7. The van der Waals surface area contributed by atoms with Crippen LogP contribution in [-0.4, -0.2) is 4.98 Å². The zero-order chi connectivity index (χ0) is 15.5. The highest BCUT2D eigenvalue weighted by Crippen LogP contribution is 2.36. The van der Waals surface area contributed by atoms with E-state index in [9.17, 15) is 0 Å². The van der Waals surface area contributed by atoms with Crippen LogP contribution in [-0.2, 0) is 5.88 Å². The Bertz CT molecular complexity index is 794. The molecule has 0 aliphatic carbocycles. The second-order valence-corrected chi connectivity index (χ2v) is 5.77. The molecule has 0 aliphatic heterocycles. The van der Waals surface area contributed by atoms with Crippen molar-refractivity contribution in [3.05, 3.63) is 77.6 Å². The minimum absolute atomic E-state index is 0.406. The molecular formula is C20H18ClN. The zero-order valence-electron chi connectivity index (χ0n) is 12.8. The lowest BCUT2D eigenvalue weighted by atomic mass is 9.91. The molecule has 0 unspecified atom stereocenters. The van der Waals surface area contributed by atoms with E-state index in [4.69, 9.17) is 11.6 Å². The molecule has 1 aromatic heterocycles. The van der Waals surface area contributed by atoms with Crippen molar-refractivity contribution >= 4 is 11.6 Å². The van der Waals surface area contributed by atoms with Gasteiger partial charge >= 0.3 is 0 Å². The van der Waals surface area contributed by atoms with Crippen molar-refractivity contribution in [1.82, 2.24) is 4.98 Å². The highest BCUT2D eigenvalue weighted by Gasteiger charge is 2.14. The molecule has 0 saturated heterocycles. The van der Waals surface area contributed by atoms with Crippen LogP contribution in [0.1, 0.15) is 16.8 Å². The third-order valence-corrected chi connectivity index (χ3v) is 4.15. The molecule has 2 heteroatoms. The molecule has 0 spiro atoms. The van der Waals surface area contributed by atoms with E-state index in [1.165, 1.54) is 22.3 Å². The van der Waals surface area contributed by atoms with Gasteiger partial charge in [0.25, 0.3) is 0 Å². The molecule has 1 heterocycles.